The molecule has 0 aliphatic rings. The van der Waals surface area contributed by atoms with Crippen LogP contribution in [0.2, 0.25) is 0 Å². The van der Waals surface area contributed by atoms with Crippen LogP contribution in [0.4, 0.5) is 0 Å². The molecule has 0 spiro atoms. The van der Waals surface area contributed by atoms with Crippen molar-refractivity contribution in [1.82, 2.24) is 0 Å². The van der Waals surface area contributed by atoms with Crippen molar-refractivity contribution >= 4 is 24.6 Å². The van der Waals surface area contributed by atoms with Gasteiger partial charge in [-0.25, -0.2) is 0 Å². The second-order valence-corrected chi connectivity index (χ2v) is 4.15. The minimum absolute atomic E-state index is 0.0718. The standard InChI is InChI=1S/C6H13NO2.C4H9NO2S/c1-3-4(2)5(7)6(8)9;5-3(1-2-8)4(6)7/h4-5H,3,7H2,1-2H3,(H,8,9);3,8H,1-2,5H2,(H,6,7)/t4?,5-;3-/m00/s1. The average Bonchev–Trinajstić information content (AvgIpc) is 2.27. The Balaban J connectivity index is 0. The normalized spacial score (nSPS) is 15.1. The molecule has 3 atom stereocenters. The molecule has 0 saturated carbocycles. The van der Waals surface area contributed by atoms with E-state index in [9.17, 15) is 9.59 Å². The highest BCUT2D eigenvalue weighted by Crippen LogP contribution is 2.04. The third-order valence-corrected chi connectivity index (χ3v) is 2.56. The first kappa shape index (κ1) is 18.6. The molecule has 0 aliphatic heterocycles. The molecule has 0 aromatic rings. The number of carboxylic acid groups (broad SMARTS) is 2. The lowest BCUT2D eigenvalue weighted by Gasteiger charge is -2.11. The highest BCUT2D eigenvalue weighted by Gasteiger charge is 2.17. The van der Waals surface area contributed by atoms with Gasteiger partial charge >= 0.3 is 11.9 Å². The SMILES string of the molecule is CCC(C)[C@H](N)C(=O)O.N[C@@H](CCS)C(=O)O. The second kappa shape index (κ2) is 10.4. The molecule has 0 fully saturated rings. The third-order valence-electron chi connectivity index (χ3n) is 2.30. The monoisotopic (exact) mass is 266 g/mol. The first-order valence-electron chi connectivity index (χ1n) is 5.35. The van der Waals surface area contributed by atoms with Gasteiger partial charge in [0, 0.05) is 0 Å². The second-order valence-electron chi connectivity index (χ2n) is 3.71. The molecule has 0 rings (SSSR count). The van der Waals surface area contributed by atoms with Crippen LogP contribution in [0, 0.1) is 5.92 Å². The van der Waals surface area contributed by atoms with Crippen molar-refractivity contribution in [1.29, 1.82) is 0 Å². The van der Waals surface area contributed by atoms with E-state index in [1.165, 1.54) is 0 Å². The molecule has 7 heteroatoms. The highest BCUT2D eigenvalue weighted by molar-refractivity contribution is 7.80. The molecule has 102 valence electrons. The fraction of sp³-hybridized carbons (Fsp3) is 0.800. The van der Waals surface area contributed by atoms with Gasteiger partial charge in [0.2, 0.25) is 0 Å². The fourth-order valence-electron chi connectivity index (χ4n) is 0.760. The van der Waals surface area contributed by atoms with Crippen molar-refractivity contribution in [2.75, 3.05) is 5.75 Å². The van der Waals surface area contributed by atoms with Crippen LogP contribution in [0.3, 0.4) is 0 Å². The van der Waals surface area contributed by atoms with Gasteiger partial charge in [0.1, 0.15) is 12.1 Å². The molecule has 0 bridgehead atoms. The fourth-order valence-corrected chi connectivity index (χ4v) is 1.04. The largest absolute Gasteiger partial charge is 0.480 e. The van der Waals surface area contributed by atoms with E-state index >= 15 is 0 Å². The molecular formula is C10H22N2O4S. The summed E-state index contributed by atoms with van der Waals surface area (Å²) < 4.78 is 0. The van der Waals surface area contributed by atoms with Gasteiger partial charge in [-0.3, -0.25) is 9.59 Å². The molecule has 0 aromatic heterocycles. The van der Waals surface area contributed by atoms with Crippen LogP contribution >= 0.6 is 12.6 Å². The van der Waals surface area contributed by atoms with E-state index in [-0.39, 0.29) is 5.92 Å². The predicted octanol–water partition coefficient (Wildman–Crippen LogP) is 0.163. The van der Waals surface area contributed by atoms with Crippen molar-refractivity contribution in [3.05, 3.63) is 0 Å². The lowest BCUT2D eigenvalue weighted by Crippen LogP contribution is -2.36. The summed E-state index contributed by atoms with van der Waals surface area (Å²) in [6.45, 7) is 3.76. The molecule has 0 saturated heterocycles. The maximum atomic E-state index is 10.2. The molecule has 0 aromatic carbocycles. The predicted molar refractivity (Wildman–Crippen MR) is 69.1 cm³/mol. The van der Waals surface area contributed by atoms with E-state index in [1.54, 1.807) is 0 Å². The first-order chi connectivity index (χ1) is 7.77. The molecule has 0 heterocycles. The Kier molecular flexibility index (Phi) is 11.3. The number of carboxylic acids is 2. The summed E-state index contributed by atoms with van der Waals surface area (Å²) >= 11 is 3.81. The number of hydrogen-bond acceptors (Lipinski definition) is 5. The van der Waals surface area contributed by atoms with E-state index in [2.05, 4.69) is 12.6 Å². The zero-order valence-corrected chi connectivity index (χ0v) is 11.1. The van der Waals surface area contributed by atoms with E-state index in [4.69, 9.17) is 21.7 Å². The van der Waals surface area contributed by atoms with Crippen LogP contribution in [-0.2, 0) is 9.59 Å². The smallest absolute Gasteiger partial charge is 0.320 e. The quantitative estimate of drug-likeness (QED) is 0.436. The summed E-state index contributed by atoms with van der Waals surface area (Å²) in [7, 11) is 0. The number of carbonyl (C=O) groups is 2. The summed E-state index contributed by atoms with van der Waals surface area (Å²) in [6, 6.07) is -1.44. The minimum atomic E-state index is -0.959. The summed E-state index contributed by atoms with van der Waals surface area (Å²) in [6.07, 6.45) is 1.24. The Morgan fingerprint density at radius 1 is 1.24 bits per heavy atom. The first-order valence-corrected chi connectivity index (χ1v) is 5.98. The number of rotatable bonds is 6. The van der Waals surface area contributed by atoms with Gasteiger partial charge in [-0.15, -0.1) is 0 Å². The Bertz CT molecular complexity index is 238. The molecule has 6 N–H and O–H groups in total. The van der Waals surface area contributed by atoms with Gasteiger partial charge < -0.3 is 21.7 Å². The third kappa shape index (κ3) is 10.1. The lowest BCUT2D eigenvalue weighted by molar-refractivity contribution is -0.140. The molecular weight excluding hydrogens is 244 g/mol. The van der Waals surface area contributed by atoms with E-state index in [0.29, 0.717) is 12.2 Å². The number of thiol groups is 1. The zero-order chi connectivity index (χ0) is 14.0. The molecule has 0 aliphatic carbocycles. The van der Waals surface area contributed by atoms with Crippen LogP contribution in [0.1, 0.15) is 26.7 Å². The topological polar surface area (TPSA) is 127 Å². The highest BCUT2D eigenvalue weighted by atomic mass is 32.1. The van der Waals surface area contributed by atoms with Crippen molar-refractivity contribution in [2.45, 2.75) is 38.8 Å². The van der Waals surface area contributed by atoms with Gasteiger partial charge in [-0.1, -0.05) is 20.3 Å². The average molecular weight is 266 g/mol. The van der Waals surface area contributed by atoms with E-state index in [0.717, 1.165) is 6.42 Å². The van der Waals surface area contributed by atoms with Crippen LogP contribution in [0.5, 0.6) is 0 Å². The molecule has 1 unspecified atom stereocenters. The minimum Gasteiger partial charge on any atom is -0.480 e. The van der Waals surface area contributed by atoms with Crippen molar-refractivity contribution in [3.8, 4) is 0 Å². The van der Waals surface area contributed by atoms with Crippen LogP contribution < -0.4 is 11.5 Å². The van der Waals surface area contributed by atoms with Crippen LogP contribution in [-0.4, -0.2) is 40.0 Å². The van der Waals surface area contributed by atoms with Crippen molar-refractivity contribution < 1.29 is 19.8 Å². The van der Waals surface area contributed by atoms with Gasteiger partial charge in [0.05, 0.1) is 0 Å². The lowest BCUT2D eigenvalue weighted by atomic mass is 10.0. The maximum absolute atomic E-state index is 10.2. The Labute approximate surface area is 107 Å². The Hall–Kier alpha value is -0.790. The molecule has 0 amide bonds. The molecule has 6 nitrogen and oxygen atoms in total. The number of hydrogen-bond donors (Lipinski definition) is 5. The van der Waals surface area contributed by atoms with Crippen LogP contribution in [0.25, 0.3) is 0 Å². The van der Waals surface area contributed by atoms with Gasteiger partial charge in [0.25, 0.3) is 0 Å². The van der Waals surface area contributed by atoms with E-state index in [1.807, 2.05) is 13.8 Å². The number of nitrogens with two attached hydrogens (primary N) is 2. The summed E-state index contributed by atoms with van der Waals surface area (Å²) in [4.78, 5) is 20.1. The van der Waals surface area contributed by atoms with Crippen molar-refractivity contribution in [3.63, 3.8) is 0 Å². The summed E-state index contributed by atoms with van der Waals surface area (Å²) in [5.74, 6) is -1.28. The van der Waals surface area contributed by atoms with Crippen molar-refractivity contribution in [2.24, 2.45) is 17.4 Å². The van der Waals surface area contributed by atoms with Crippen LogP contribution in [0.15, 0.2) is 0 Å². The molecule has 17 heavy (non-hydrogen) atoms. The summed E-state index contributed by atoms with van der Waals surface area (Å²) in [5.41, 5.74) is 10.3. The number of aliphatic carboxylic acids is 2. The van der Waals surface area contributed by atoms with E-state index < -0.39 is 24.0 Å². The van der Waals surface area contributed by atoms with Gasteiger partial charge in [-0.05, 0) is 18.1 Å². The maximum Gasteiger partial charge on any atom is 0.320 e. The van der Waals surface area contributed by atoms with Gasteiger partial charge in [-0.2, -0.15) is 12.6 Å². The summed E-state index contributed by atoms with van der Waals surface area (Å²) in [5, 5.41) is 16.5. The molecule has 0 radical (unpaired) electrons. The zero-order valence-electron chi connectivity index (χ0n) is 10.2. The Morgan fingerprint density at radius 2 is 1.71 bits per heavy atom. The Morgan fingerprint density at radius 3 is 1.82 bits per heavy atom. The van der Waals surface area contributed by atoms with Gasteiger partial charge in [0.15, 0.2) is 0 Å².